The van der Waals surface area contributed by atoms with Gasteiger partial charge in [0.05, 0.1) is 0 Å². The number of nitrogens with one attached hydrogen (secondary N) is 1. The molecule has 0 unspecified atom stereocenters. The average molecular weight is 187 g/mol. The number of nitrogens with zero attached hydrogens (tertiary/aromatic N) is 1. The SMILES string of the molecule is CS(=O)(=O)c1cccnc1NN. The normalized spacial score (nSPS) is 11.2. The average Bonchev–Trinajstić information content (AvgIpc) is 2.03. The van der Waals surface area contributed by atoms with E-state index >= 15 is 0 Å². The molecule has 1 heterocycles. The zero-order valence-electron chi connectivity index (χ0n) is 6.48. The molecule has 0 radical (unpaired) electrons. The second-order valence-corrected chi connectivity index (χ2v) is 4.25. The lowest BCUT2D eigenvalue weighted by Crippen LogP contribution is -2.12. The molecule has 0 saturated heterocycles. The van der Waals surface area contributed by atoms with Crippen LogP contribution in [-0.2, 0) is 9.84 Å². The van der Waals surface area contributed by atoms with Crippen LogP contribution >= 0.6 is 0 Å². The van der Waals surface area contributed by atoms with Gasteiger partial charge in [0.25, 0.3) is 0 Å². The Morgan fingerprint density at radius 1 is 1.58 bits per heavy atom. The van der Waals surface area contributed by atoms with Crippen LogP contribution in [0.1, 0.15) is 0 Å². The van der Waals surface area contributed by atoms with Crippen molar-refractivity contribution in [2.45, 2.75) is 4.90 Å². The molecule has 0 amide bonds. The van der Waals surface area contributed by atoms with Gasteiger partial charge in [-0.1, -0.05) is 0 Å². The van der Waals surface area contributed by atoms with Gasteiger partial charge in [-0.25, -0.2) is 19.2 Å². The van der Waals surface area contributed by atoms with E-state index in [2.05, 4.69) is 10.4 Å². The van der Waals surface area contributed by atoms with E-state index in [1.165, 1.54) is 18.3 Å². The molecular formula is C6H9N3O2S. The maximum Gasteiger partial charge on any atom is 0.179 e. The zero-order valence-corrected chi connectivity index (χ0v) is 7.30. The first-order valence-electron chi connectivity index (χ1n) is 3.17. The summed E-state index contributed by atoms with van der Waals surface area (Å²) in [5.41, 5.74) is 2.21. The van der Waals surface area contributed by atoms with E-state index in [0.29, 0.717) is 0 Å². The largest absolute Gasteiger partial charge is 0.307 e. The van der Waals surface area contributed by atoms with Crippen LogP contribution in [0.25, 0.3) is 0 Å². The maximum absolute atomic E-state index is 11.1. The number of nitrogen functional groups attached to an aromatic ring is 1. The molecule has 0 saturated carbocycles. The highest BCUT2D eigenvalue weighted by atomic mass is 32.2. The summed E-state index contributed by atoms with van der Waals surface area (Å²) < 4.78 is 22.2. The first-order valence-corrected chi connectivity index (χ1v) is 5.06. The quantitative estimate of drug-likeness (QED) is 0.493. The highest BCUT2D eigenvalue weighted by molar-refractivity contribution is 7.90. The van der Waals surface area contributed by atoms with Crippen LogP contribution in [0, 0.1) is 0 Å². The Bertz CT molecular complexity index is 374. The van der Waals surface area contributed by atoms with E-state index in [4.69, 9.17) is 5.84 Å². The molecule has 0 aliphatic heterocycles. The Kier molecular flexibility index (Phi) is 2.30. The Labute approximate surface area is 70.5 Å². The summed E-state index contributed by atoms with van der Waals surface area (Å²) in [5.74, 6) is 5.24. The van der Waals surface area contributed by atoms with Crippen molar-refractivity contribution in [1.29, 1.82) is 0 Å². The van der Waals surface area contributed by atoms with Gasteiger partial charge in [-0.05, 0) is 12.1 Å². The van der Waals surface area contributed by atoms with Gasteiger partial charge in [0.15, 0.2) is 15.7 Å². The molecule has 12 heavy (non-hydrogen) atoms. The minimum Gasteiger partial charge on any atom is -0.307 e. The molecular weight excluding hydrogens is 178 g/mol. The number of nitrogens with two attached hydrogens (primary N) is 1. The van der Waals surface area contributed by atoms with Crippen molar-refractivity contribution in [3.63, 3.8) is 0 Å². The molecule has 1 aromatic heterocycles. The van der Waals surface area contributed by atoms with Gasteiger partial charge in [0.2, 0.25) is 0 Å². The molecule has 66 valence electrons. The summed E-state index contributed by atoms with van der Waals surface area (Å²) in [7, 11) is -3.25. The molecule has 1 rings (SSSR count). The third kappa shape index (κ3) is 1.72. The number of aromatic nitrogens is 1. The van der Waals surface area contributed by atoms with Gasteiger partial charge in [-0.3, -0.25) is 0 Å². The van der Waals surface area contributed by atoms with E-state index in [1.807, 2.05) is 0 Å². The number of anilines is 1. The van der Waals surface area contributed by atoms with Crippen molar-refractivity contribution in [2.75, 3.05) is 11.7 Å². The molecule has 6 heteroatoms. The second kappa shape index (κ2) is 3.08. The minimum atomic E-state index is -3.25. The molecule has 0 fully saturated rings. The van der Waals surface area contributed by atoms with Crippen molar-refractivity contribution in [3.8, 4) is 0 Å². The van der Waals surface area contributed by atoms with Crippen LogP contribution in [0.5, 0.6) is 0 Å². The van der Waals surface area contributed by atoms with Crippen molar-refractivity contribution in [1.82, 2.24) is 4.98 Å². The Hall–Kier alpha value is -1.14. The molecule has 3 N–H and O–H groups in total. The molecule has 0 atom stereocenters. The summed E-state index contributed by atoms with van der Waals surface area (Å²) in [5, 5.41) is 0. The van der Waals surface area contributed by atoms with Crippen LogP contribution < -0.4 is 11.3 Å². The molecule has 0 spiro atoms. The zero-order chi connectivity index (χ0) is 9.19. The fraction of sp³-hybridized carbons (Fsp3) is 0.167. The van der Waals surface area contributed by atoms with Crippen molar-refractivity contribution >= 4 is 15.7 Å². The minimum absolute atomic E-state index is 0.104. The fourth-order valence-electron chi connectivity index (χ4n) is 0.798. The molecule has 0 aliphatic rings. The lowest BCUT2D eigenvalue weighted by molar-refractivity contribution is 0.602. The lowest BCUT2D eigenvalue weighted by atomic mass is 10.5. The highest BCUT2D eigenvalue weighted by Gasteiger charge is 2.12. The van der Waals surface area contributed by atoms with E-state index in [9.17, 15) is 8.42 Å². The van der Waals surface area contributed by atoms with E-state index in [1.54, 1.807) is 0 Å². The summed E-state index contributed by atoms with van der Waals surface area (Å²) in [6.07, 6.45) is 2.56. The third-order valence-corrected chi connectivity index (χ3v) is 2.44. The number of sulfone groups is 1. The van der Waals surface area contributed by atoms with Gasteiger partial charge >= 0.3 is 0 Å². The van der Waals surface area contributed by atoms with Crippen LogP contribution in [0.15, 0.2) is 23.2 Å². The molecule has 1 aromatic rings. The van der Waals surface area contributed by atoms with Crippen molar-refractivity contribution in [2.24, 2.45) is 5.84 Å². The molecule has 0 aromatic carbocycles. The van der Waals surface area contributed by atoms with E-state index in [0.717, 1.165) is 6.26 Å². The third-order valence-electron chi connectivity index (χ3n) is 1.31. The summed E-state index contributed by atoms with van der Waals surface area (Å²) in [6, 6.07) is 2.98. The first-order chi connectivity index (χ1) is 5.55. The monoisotopic (exact) mass is 187 g/mol. The van der Waals surface area contributed by atoms with Gasteiger partial charge in [0.1, 0.15) is 4.90 Å². The van der Waals surface area contributed by atoms with Gasteiger partial charge in [-0.15, -0.1) is 0 Å². The smallest absolute Gasteiger partial charge is 0.179 e. The van der Waals surface area contributed by atoms with Crippen LogP contribution in [0.2, 0.25) is 0 Å². The fourth-order valence-corrected chi connectivity index (χ4v) is 1.59. The second-order valence-electron chi connectivity index (χ2n) is 2.27. The number of rotatable bonds is 2. The number of hydrazine groups is 1. The summed E-state index contributed by atoms with van der Waals surface area (Å²) in [6.45, 7) is 0. The van der Waals surface area contributed by atoms with Gasteiger partial charge in [0, 0.05) is 12.5 Å². The van der Waals surface area contributed by atoms with Crippen molar-refractivity contribution < 1.29 is 8.42 Å². The van der Waals surface area contributed by atoms with Crippen molar-refractivity contribution in [3.05, 3.63) is 18.3 Å². The first kappa shape index (κ1) is 8.95. The molecule has 0 aliphatic carbocycles. The predicted molar refractivity (Wildman–Crippen MR) is 45.2 cm³/mol. The molecule has 0 bridgehead atoms. The van der Waals surface area contributed by atoms with E-state index < -0.39 is 9.84 Å². The Morgan fingerprint density at radius 2 is 2.25 bits per heavy atom. The maximum atomic E-state index is 11.1. The summed E-state index contributed by atoms with van der Waals surface area (Å²) >= 11 is 0. The van der Waals surface area contributed by atoms with Crippen LogP contribution in [0.4, 0.5) is 5.82 Å². The number of hydrogen-bond donors (Lipinski definition) is 2. The Morgan fingerprint density at radius 3 is 2.67 bits per heavy atom. The number of pyridine rings is 1. The number of hydrogen-bond acceptors (Lipinski definition) is 5. The molecule has 5 nitrogen and oxygen atoms in total. The van der Waals surface area contributed by atoms with Gasteiger partial charge < -0.3 is 5.43 Å². The van der Waals surface area contributed by atoms with E-state index in [-0.39, 0.29) is 10.7 Å². The standard InChI is InChI=1S/C6H9N3O2S/c1-12(10,11)5-3-2-4-8-6(5)9-7/h2-4H,7H2,1H3,(H,8,9). The van der Waals surface area contributed by atoms with Crippen LogP contribution in [-0.4, -0.2) is 19.7 Å². The predicted octanol–water partition coefficient (Wildman–Crippen LogP) is -0.229. The Balaban J connectivity index is 3.33. The highest BCUT2D eigenvalue weighted by Crippen LogP contribution is 2.15. The van der Waals surface area contributed by atoms with Gasteiger partial charge in [-0.2, -0.15) is 0 Å². The van der Waals surface area contributed by atoms with Crippen LogP contribution in [0.3, 0.4) is 0 Å². The summed E-state index contributed by atoms with van der Waals surface area (Å²) in [4.78, 5) is 3.85. The topological polar surface area (TPSA) is 85.1 Å². The lowest BCUT2D eigenvalue weighted by Gasteiger charge is -2.03.